The number of hydrogen-bond donors (Lipinski definition) is 0. The van der Waals surface area contributed by atoms with Gasteiger partial charge in [0.2, 0.25) is 0 Å². The maximum Gasteiger partial charge on any atom is 0.109 e. The Morgan fingerprint density at radius 1 is 0.867 bits per heavy atom. The van der Waals surface area contributed by atoms with Gasteiger partial charge in [-0.1, -0.05) is 20.8 Å². The zero-order valence-corrected chi connectivity index (χ0v) is 11.0. The molecule has 0 amide bonds. The molecule has 0 aromatic heterocycles. The van der Waals surface area contributed by atoms with Crippen molar-refractivity contribution < 1.29 is 9.47 Å². The van der Waals surface area contributed by atoms with Gasteiger partial charge in [0.05, 0.1) is 0 Å². The van der Waals surface area contributed by atoms with Gasteiger partial charge in [0.1, 0.15) is 12.5 Å². The summed E-state index contributed by atoms with van der Waals surface area (Å²) >= 11 is 0. The fourth-order valence-corrected chi connectivity index (χ4v) is 1.58. The van der Waals surface area contributed by atoms with Crippen molar-refractivity contribution in [2.24, 2.45) is 0 Å². The predicted octanol–water partition coefficient (Wildman–Crippen LogP) is 2.85. The van der Waals surface area contributed by atoms with Crippen LogP contribution in [0.2, 0.25) is 0 Å². The van der Waals surface area contributed by atoms with E-state index in [2.05, 4.69) is 39.5 Å². The molecule has 0 radical (unpaired) electrons. The molecule has 0 rings (SSSR count). The average Bonchev–Trinajstić information content (AvgIpc) is 2.24. The van der Waals surface area contributed by atoms with Crippen molar-refractivity contribution in [2.45, 2.75) is 59.9 Å². The van der Waals surface area contributed by atoms with Crippen LogP contribution in [0.3, 0.4) is 0 Å². The summed E-state index contributed by atoms with van der Waals surface area (Å²) in [4.78, 5) is 2.23. The van der Waals surface area contributed by atoms with Gasteiger partial charge in [-0.3, -0.25) is 4.90 Å². The molecule has 92 valence electrons. The summed E-state index contributed by atoms with van der Waals surface area (Å²) in [5.41, 5.74) is 0. The number of rotatable bonds is 9. The first kappa shape index (κ1) is 14.9. The predicted molar refractivity (Wildman–Crippen MR) is 63.8 cm³/mol. The normalized spacial score (nSPS) is 15.6. The molecule has 0 heterocycles. The Morgan fingerprint density at radius 3 is 1.53 bits per heavy atom. The summed E-state index contributed by atoms with van der Waals surface area (Å²) in [5.74, 6) is 0. The molecular weight excluding hydrogens is 190 g/mol. The third-order valence-electron chi connectivity index (χ3n) is 2.43. The smallest absolute Gasteiger partial charge is 0.109 e. The van der Waals surface area contributed by atoms with Crippen molar-refractivity contribution in [3.63, 3.8) is 0 Å². The van der Waals surface area contributed by atoms with Crippen molar-refractivity contribution in [1.82, 2.24) is 4.90 Å². The zero-order chi connectivity index (χ0) is 11.7. The summed E-state index contributed by atoms with van der Waals surface area (Å²) in [5, 5.41) is 0. The number of hydrogen-bond acceptors (Lipinski definition) is 3. The Kier molecular flexibility index (Phi) is 9.06. The van der Waals surface area contributed by atoms with Crippen LogP contribution < -0.4 is 0 Å². The SMILES string of the molecule is CCCOC(C)N(CC)C(C)OCCC. The van der Waals surface area contributed by atoms with E-state index >= 15 is 0 Å². The van der Waals surface area contributed by atoms with E-state index in [9.17, 15) is 0 Å². The molecule has 2 unspecified atom stereocenters. The minimum atomic E-state index is 0.141. The Morgan fingerprint density at radius 2 is 1.27 bits per heavy atom. The van der Waals surface area contributed by atoms with Crippen LogP contribution in [0, 0.1) is 0 Å². The molecule has 0 aromatic carbocycles. The molecule has 3 nitrogen and oxygen atoms in total. The Labute approximate surface area is 94.7 Å². The molecule has 2 atom stereocenters. The molecular formula is C12H27NO2. The van der Waals surface area contributed by atoms with E-state index in [0.717, 1.165) is 32.6 Å². The lowest BCUT2D eigenvalue weighted by atomic mass is 10.4. The summed E-state index contributed by atoms with van der Waals surface area (Å²) in [7, 11) is 0. The molecule has 15 heavy (non-hydrogen) atoms. The quantitative estimate of drug-likeness (QED) is 0.554. The Bertz CT molecular complexity index is 128. The van der Waals surface area contributed by atoms with Crippen LogP contribution >= 0.6 is 0 Å². The van der Waals surface area contributed by atoms with Gasteiger partial charge < -0.3 is 9.47 Å². The lowest BCUT2D eigenvalue weighted by molar-refractivity contribution is -0.138. The molecule has 0 aliphatic rings. The van der Waals surface area contributed by atoms with Gasteiger partial charge in [-0.15, -0.1) is 0 Å². The fraction of sp³-hybridized carbons (Fsp3) is 1.00. The standard InChI is InChI=1S/C12H27NO2/c1-6-9-14-11(4)13(8-3)12(5)15-10-7-2/h11-12H,6-10H2,1-5H3. The van der Waals surface area contributed by atoms with Crippen molar-refractivity contribution in [1.29, 1.82) is 0 Å². The largest absolute Gasteiger partial charge is 0.363 e. The maximum atomic E-state index is 5.69. The highest BCUT2D eigenvalue weighted by atomic mass is 16.5. The zero-order valence-electron chi connectivity index (χ0n) is 11.0. The topological polar surface area (TPSA) is 21.7 Å². The van der Waals surface area contributed by atoms with Crippen LogP contribution in [0.4, 0.5) is 0 Å². The van der Waals surface area contributed by atoms with Crippen molar-refractivity contribution in [3.8, 4) is 0 Å². The van der Waals surface area contributed by atoms with Crippen molar-refractivity contribution in [2.75, 3.05) is 19.8 Å². The highest BCUT2D eigenvalue weighted by Gasteiger charge is 2.18. The second kappa shape index (κ2) is 9.13. The second-order valence-corrected chi connectivity index (χ2v) is 3.77. The Hall–Kier alpha value is -0.120. The van der Waals surface area contributed by atoms with Crippen LogP contribution in [0.25, 0.3) is 0 Å². The highest BCUT2D eigenvalue weighted by Crippen LogP contribution is 2.08. The van der Waals surface area contributed by atoms with Gasteiger partial charge in [0.25, 0.3) is 0 Å². The van der Waals surface area contributed by atoms with Crippen LogP contribution in [-0.2, 0) is 9.47 Å². The van der Waals surface area contributed by atoms with E-state index in [1.54, 1.807) is 0 Å². The molecule has 0 spiro atoms. The first-order valence-corrected chi connectivity index (χ1v) is 6.16. The minimum Gasteiger partial charge on any atom is -0.363 e. The molecule has 0 N–H and O–H groups in total. The molecule has 0 aliphatic heterocycles. The van der Waals surface area contributed by atoms with E-state index in [1.807, 2.05) is 0 Å². The first-order chi connectivity index (χ1) is 7.17. The van der Waals surface area contributed by atoms with Gasteiger partial charge in [0, 0.05) is 19.8 Å². The lowest BCUT2D eigenvalue weighted by Crippen LogP contribution is -2.43. The van der Waals surface area contributed by atoms with E-state index in [1.165, 1.54) is 0 Å². The maximum absolute atomic E-state index is 5.69. The lowest BCUT2D eigenvalue weighted by Gasteiger charge is -2.33. The molecule has 0 aliphatic carbocycles. The van der Waals surface area contributed by atoms with E-state index in [4.69, 9.17) is 9.47 Å². The highest BCUT2D eigenvalue weighted by molar-refractivity contribution is 4.59. The summed E-state index contributed by atoms with van der Waals surface area (Å²) < 4.78 is 11.4. The van der Waals surface area contributed by atoms with Crippen LogP contribution in [-0.4, -0.2) is 37.1 Å². The molecule has 0 saturated heterocycles. The van der Waals surface area contributed by atoms with Crippen molar-refractivity contribution >= 4 is 0 Å². The molecule has 0 bridgehead atoms. The molecule has 0 saturated carbocycles. The molecule has 0 fully saturated rings. The first-order valence-electron chi connectivity index (χ1n) is 6.16. The fourth-order valence-electron chi connectivity index (χ4n) is 1.58. The van der Waals surface area contributed by atoms with Crippen LogP contribution in [0.5, 0.6) is 0 Å². The third kappa shape index (κ3) is 6.13. The summed E-state index contributed by atoms with van der Waals surface area (Å²) in [6, 6.07) is 0. The molecule has 0 aromatic rings. The van der Waals surface area contributed by atoms with Crippen molar-refractivity contribution in [3.05, 3.63) is 0 Å². The van der Waals surface area contributed by atoms with Gasteiger partial charge >= 0.3 is 0 Å². The van der Waals surface area contributed by atoms with Gasteiger partial charge in [0.15, 0.2) is 0 Å². The van der Waals surface area contributed by atoms with Crippen LogP contribution in [0.15, 0.2) is 0 Å². The van der Waals surface area contributed by atoms with Crippen LogP contribution in [0.1, 0.15) is 47.5 Å². The van der Waals surface area contributed by atoms with E-state index < -0.39 is 0 Å². The summed E-state index contributed by atoms with van der Waals surface area (Å²) in [6.45, 7) is 13.2. The van der Waals surface area contributed by atoms with E-state index in [-0.39, 0.29) is 12.5 Å². The van der Waals surface area contributed by atoms with E-state index in [0.29, 0.717) is 0 Å². The Balaban J connectivity index is 3.96. The third-order valence-corrected chi connectivity index (χ3v) is 2.43. The monoisotopic (exact) mass is 217 g/mol. The average molecular weight is 217 g/mol. The molecule has 3 heteroatoms. The second-order valence-electron chi connectivity index (χ2n) is 3.77. The number of nitrogens with zero attached hydrogens (tertiary/aromatic N) is 1. The van der Waals surface area contributed by atoms with Gasteiger partial charge in [-0.05, 0) is 26.7 Å². The summed E-state index contributed by atoms with van der Waals surface area (Å²) in [6.07, 6.45) is 2.40. The number of ether oxygens (including phenoxy) is 2. The van der Waals surface area contributed by atoms with Gasteiger partial charge in [-0.2, -0.15) is 0 Å². The van der Waals surface area contributed by atoms with Gasteiger partial charge in [-0.25, -0.2) is 0 Å². The minimum absolute atomic E-state index is 0.141.